The SMILES string of the molecule is [N-]=[N+]=NC[C@@H]1CCNC1=O. The van der Waals surface area contributed by atoms with Gasteiger partial charge in [0, 0.05) is 23.9 Å². The topological polar surface area (TPSA) is 77.9 Å². The minimum Gasteiger partial charge on any atom is -0.356 e. The maximum atomic E-state index is 10.8. The summed E-state index contributed by atoms with van der Waals surface area (Å²) >= 11 is 0. The van der Waals surface area contributed by atoms with Crippen LogP contribution >= 0.6 is 0 Å². The summed E-state index contributed by atoms with van der Waals surface area (Å²) in [5.74, 6) is -0.0803. The number of carbonyl (C=O) groups excluding carboxylic acids is 1. The molecule has 0 aromatic carbocycles. The molecule has 1 aliphatic heterocycles. The average molecular weight is 140 g/mol. The highest BCUT2D eigenvalue weighted by Gasteiger charge is 2.22. The lowest BCUT2D eigenvalue weighted by molar-refractivity contribution is -0.122. The number of carbonyl (C=O) groups is 1. The molecular formula is C5H8N4O. The number of nitrogens with zero attached hydrogens (tertiary/aromatic N) is 3. The Morgan fingerprint density at radius 2 is 2.70 bits per heavy atom. The Bertz CT molecular complexity index is 184. The maximum absolute atomic E-state index is 10.8. The van der Waals surface area contributed by atoms with Gasteiger partial charge < -0.3 is 5.32 Å². The fraction of sp³-hybridized carbons (Fsp3) is 0.800. The van der Waals surface area contributed by atoms with E-state index in [1.54, 1.807) is 0 Å². The largest absolute Gasteiger partial charge is 0.356 e. The van der Waals surface area contributed by atoms with Gasteiger partial charge in [-0.1, -0.05) is 5.11 Å². The Morgan fingerprint density at radius 3 is 3.20 bits per heavy atom. The Labute approximate surface area is 58.0 Å². The molecule has 1 amide bonds. The van der Waals surface area contributed by atoms with Crippen LogP contribution in [0.4, 0.5) is 0 Å². The van der Waals surface area contributed by atoms with Gasteiger partial charge in [0.1, 0.15) is 0 Å². The molecule has 0 saturated carbocycles. The highest BCUT2D eigenvalue weighted by molar-refractivity contribution is 5.80. The van der Waals surface area contributed by atoms with Crippen LogP contribution in [-0.2, 0) is 4.79 Å². The molecule has 1 atom stereocenters. The van der Waals surface area contributed by atoms with Crippen molar-refractivity contribution in [1.29, 1.82) is 0 Å². The molecule has 54 valence electrons. The Hall–Kier alpha value is -1.22. The molecule has 1 N–H and O–H groups in total. The van der Waals surface area contributed by atoms with E-state index < -0.39 is 0 Å². The van der Waals surface area contributed by atoms with Crippen molar-refractivity contribution >= 4 is 5.91 Å². The second-order valence-electron chi connectivity index (χ2n) is 2.19. The molecule has 0 unspecified atom stereocenters. The zero-order chi connectivity index (χ0) is 7.40. The summed E-state index contributed by atoms with van der Waals surface area (Å²) in [6.07, 6.45) is 0.790. The third-order valence-corrected chi connectivity index (χ3v) is 1.53. The summed E-state index contributed by atoms with van der Waals surface area (Å²) in [6.45, 7) is 1.01. The predicted octanol–water partition coefficient (Wildman–Crippen LogP) is 0.433. The number of amides is 1. The molecular weight excluding hydrogens is 132 g/mol. The smallest absolute Gasteiger partial charge is 0.223 e. The van der Waals surface area contributed by atoms with Crippen molar-refractivity contribution in [3.8, 4) is 0 Å². The monoisotopic (exact) mass is 140 g/mol. The number of nitrogens with one attached hydrogen (secondary N) is 1. The van der Waals surface area contributed by atoms with Gasteiger partial charge >= 0.3 is 0 Å². The fourth-order valence-corrected chi connectivity index (χ4v) is 0.954. The van der Waals surface area contributed by atoms with E-state index >= 15 is 0 Å². The van der Waals surface area contributed by atoms with Crippen molar-refractivity contribution in [2.75, 3.05) is 13.1 Å². The molecule has 5 nitrogen and oxygen atoms in total. The zero-order valence-electron chi connectivity index (χ0n) is 5.45. The van der Waals surface area contributed by atoms with Crippen molar-refractivity contribution in [3.05, 3.63) is 10.4 Å². The van der Waals surface area contributed by atoms with Crippen LogP contribution in [0.1, 0.15) is 6.42 Å². The molecule has 0 bridgehead atoms. The molecule has 1 heterocycles. The van der Waals surface area contributed by atoms with E-state index in [2.05, 4.69) is 15.3 Å². The summed E-state index contributed by atoms with van der Waals surface area (Å²) in [6, 6.07) is 0. The number of azide groups is 1. The molecule has 5 heteroatoms. The summed E-state index contributed by atoms with van der Waals surface area (Å²) in [7, 11) is 0. The molecule has 1 saturated heterocycles. The van der Waals surface area contributed by atoms with Gasteiger partial charge in [-0.25, -0.2) is 0 Å². The first-order valence-corrected chi connectivity index (χ1v) is 3.13. The first-order valence-electron chi connectivity index (χ1n) is 3.13. The third-order valence-electron chi connectivity index (χ3n) is 1.53. The molecule has 10 heavy (non-hydrogen) atoms. The fourth-order valence-electron chi connectivity index (χ4n) is 0.954. The van der Waals surface area contributed by atoms with Gasteiger partial charge in [0.2, 0.25) is 5.91 Å². The van der Waals surface area contributed by atoms with Crippen LogP contribution in [0, 0.1) is 5.92 Å². The molecule has 0 aromatic rings. The molecule has 0 aromatic heterocycles. The quantitative estimate of drug-likeness (QED) is 0.337. The second-order valence-corrected chi connectivity index (χ2v) is 2.19. The van der Waals surface area contributed by atoms with Gasteiger partial charge in [0.25, 0.3) is 0 Å². The van der Waals surface area contributed by atoms with E-state index in [9.17, 15) is 4.79 Å². The highest BCUT2D eigenvalue weighted by atomic mass is 16.2. The van der Waals surface area contributed by atoms with Crippen LogP contribution < -0.4 is 5.32 Å². The molecule has 0 spiro atoms. The number of rotatable bonds is 2. The van der Waals surface area contributed by atoms with E-state index in [4.69, 9.17) is 5.53 Å². The van der Waals surface area contributed by atoms with Crippen LogP contribution in [0.3, 0.4) is 0 Å². The third kappa shape index (κ3) is 1.39. The average Bonchev–Trinajstić information content (AvgIpc) is 2.31. The standard InChI is InChI=1S/C5H8N4O/c6-9-8-3-4-1-2-7-5(4)10/h4H,1-3H2,(H,7,10)/t4-/m0/s1. The van der Waals surface area contributed by atoms with Gasteiger partial charge in [-0.15, -0.1) is 0 Å². The van der Waals surface area contributed by atoms with Crippen LogP contribution in [0.2, 0.25) is 0 Å². The molecule has 1 aliphatic rings. The van der Waals surface area contributed by atoms with Crippen molar-refractivity contribution < 1.29 is 4.79 Å². The Morgan fingerprint density at radius 1 is 1.90 bits per heavy atom. The van der Waals surface area contributed by atoms with Gasteiger partial charge in [0.15, 0.2) is 0 Å². The minimum atomic E-state index is -0.0871. The Kier molecular flexibility index (Phi) is 2.12. The molecule has 1 rings (SSSR count). The lowest BCUT2D eigenvalue weighted by Gasteiger charge is -1.97. The summed E-state index contributed by atoms with van der Waals surface area (Å²) in [5.41, 5.74) is 7.94. The van der Waals surface area contributed by atoms with Crippen LogP contribution in [0.5, 0.6) is 0 Å². The van der Waals surface area contributed by atoms with Crippen molar-refractivity contribution in [1.82, 2.24) is 5.32 Å². The summed E-state index contributed by atoms with van der Waals surface area (Å²) < 4.78 is 0. The highest BCUT2D eigenvalue weighted by Crippen LogP contribution is 2.08. The lowest BCUT2D eigenvalue weighted by Crippen LogP contribution is -2.20. The van der Waals surface area contributed by atoms with Gasteiger partial charge in [0.05, 0.1) is 0 Å². The van der Waals surface area contributed by atoms with Gasteiger partial charge in [-0.05, 0) is 12.0 Å². The van der Waals surface area contributed by atoms with E-state index in [1.807, 2.05) is 0 Å². The van der Waals surface area contributed by atoms with E-state index in [1.165, 1.54) is 0 Å². The van der Waals surface area contributed by atoms with Crippen molar-refractivity contribution in [2.45, 2.75) is 6.42 Å². The molecule has 0 radical (unpaired) electrons. The summed E-state index contributed by atoms with van der Waals surface area (Å²) in [4.78, 5) is 13.4. The first-order chi connectivity index (χ1) is 4.84. The number of hydrogen-bond acceptors (Lipinski definition) is 2. The first kappa shape index (κ1) is 6.89. The van der Waals surface area contributed by atoms with Gasteiger partial charge in [-0.3, -0.25) is 4.79 Å². The van der Waals surface area contributed by atoms with Crippen molar-refractivity contribution in [2.24, 2.45) is 11.0 Å². The van der Waals surface area contributed by atoms with Gasteiger partial charge in [-0.2, -0.15) is 0 Å². The maximum Gasteiger partial charge on any atom is 0.223 e. The molecule has 1 fully saturated rings. The number of hydrogen-bond donors (Lipinski definition) is 1. The normalized spacial score (nSPS) is 23.6. The molecule has 0 aliphatic carbocycles. The van der Waals surface area contributed by atoms with Crippen LogP contribution in [-0.4, -0.2) is 19.0 Å². The van der Waals surface area contributed by atoms with E-state index in [0.717, 1.165) is 6.42 Å². The summed E-state index contributed by atoms with van der Waals surface area (Å²) in [5, 5.41) is 5.98. The zero-order valence-corrected chi connectivity index (χ0v) is 5.45. The van der Waals surface area contributed by atoms with E-state index in [0.29, 0.717) is 13.1 Å². The predicted molar refractivity (Wildman–Crippen MR) is 35.1 cm³/mol. The Balaban J connectivity index is 2.40. The van der Waals surface area contributed by atoms with E-state index in [-0.39, 0.29) is 11.8 Å². The second kappa shape index (κ2) is 3.08. The van der Waals surface area contributed by atoms with Crippen molar-refractivity contribution in [3.63, 3.8) is 0 Å². The van der Waals surface area contributed by atoms with Crippen LogP contribution in [0.25, 0.3) is 10.4 Å². The minimum absolute atomic E-state index is 0.00685. The lowest BCUT2D eigenvalue weighted by atomic mass is 10.1. The van der Waals surface area contributed by atoms with Crippen LogP contribution in [0.15, 0.2) is 5.11 Å².